The van der Waals surface area contributed by atoms with E-state index in [4.69, 9.17) is 0 Å². The number of piperidine rings is 1. The molecule has 1 unspecified atom stereocenters. The normalized spacial score (nSPS) is 24.5. The van der Waals surface area contributed by atoms with Crippen LogP contribution >= 0.6 is 0 Å². The van der Waals surface area contributed by atoms with Gasteiger partial charge in [-0.25, -0.2) is 0 Å². The molecule has 0 bridgehead atoms. The molecule has 0 aliphatic carbocycles. The van der Waals surface area contributed by atoms with Gasteiger partial charge in [0, 0.05) is 38.6 Å². The maximum absolute atomic E-state index is 12.8. The van der Waals surface area contributed by atoms with Gasteiger partial charge in [0.2, 0.25) is 5.91 Å². The van der Waals surface area contributed by atoms with Crippen molar-refractivity contribution in [3.8, 4) is 0 Å². The number of amides is 1. The van der Waals surface area contributed by atoms with Gasteiger partial charge in [0.25, 0.3) is 0 Å². The largest absolute Gasteiger partial charge is 0.334 e. The van der Waals surface area contributed by atoms with Crippen LogP contribution in [0.3, 0.4) is 0 Å². The Morgan fingerprint density at radius 2 is 1.80 bits per heavy atom. The molecule has 0 N–H and O–H groups in total. The van der Waals surface area contributed by atoms with Crippen molar-refractivity contribution < 1.29 is 4.79 Å². The fraction of sp³-hybridized carbons (Fsp3) is 0.667. The summed E-state index contributed by atoms with van der Waals surface area (Å²) in [7, 11) is 2.22. The lowest BCUT2D eigenvalue weighted by Crippen LogP contribution is -2.44. The average molecular weight is 344 g/mol. The van der Waals surface area contributed by atoms with E-state index in [9.17, 15) is 4.79 Å². The summed E-state index contributed by atoms with van der Waals surface area (Å²) < 4.78 is 0. The Hall–Kier alpha value is -1.39. The molecule has 1 atom stereocenters. The van der Waals surface area contributed by atoms with E-state index in [2.05, 4.69) is 52.9 Å². The standard InChI is InChI=1S/C21H33N3O/c1-3-20-17-23(15-19-9-12-22(2)13-10-19)14-11-21(25)24(20)16-18-7-5-4-6-8-18/h4-8,19-20H,3,9-17H2,1-2H3. The van der Waals surface area contributed by atoms with E-state index in [1.54, 1.807) is 0 Å². The van der Waals surface area contributed by atoms with E-state index < -0.39 is 0 Å². The number of hydrogen-bond donors (Lipinski definition) is 0. The Morgan fingerprint density at radius 1 is 1.08 bits per heavy atom. The predicted molar refractivity (Wildman–Crippen MR) is 102 cm³/mol. The molecule has 2 aliphatic rings. The Kier molecular flexibility index (Phi) is 6.49. The summed E-state index contributed by atoms with van der Waals surface area (Å²) in [6.07, 6.45) is 4.29. The summed E-state index contributed by atoms with van der Waals surface area (Å²) in [5.41, 5.74) is 1.23. The van der Waals surface area contributed by atoms with Crippen molar-refractivity contribution in [1.29, 1.82) is 0 Å². The monoisotopic (exact) mass is 343 g/mol. The zero-order valence-electron chi connectivity index (χ0n) is 15.9. The maximum atomic E-state index is 12.8. The second-order valence-electron chi connectivity index (χ2n) is 7.83. The number of benzene rings is 1. The summed E-state index contributed by atoms with van der Waals surface area (Å²) in [6, 6.07) is 10.7. The first-order valence-corrected chi connectivity index (χ1v) is 9.90. The maximum Gasteiger partial charge on any atom is 0.224 e. The highest BCUT2D eigenvalue weighted by Gasteiger charge is 2.30. The van der Waals surface area contributed by atoms with Crippen LogP contribution in [-0.2, 0) is 11.3 Å². The van der Waals surface area contributed by atoms with Crippen molar-refractivity contribution in [2.75, 3.05) is 39.8 Å². The van der Waals surface area contributed by atoms with Crippen LogP contribution in [0.15, 0.2) is 30.3 Å². The number of rotatable bonds is 5. The summed E-state index contributed by atoms with van der Waals surface area (Å²) >= 11 is 0. The zero-order chi connectivity index (χ0) is 17.6. The number of hydrogen-bond acceptors (Lipinski definition) is 3. The summed E-state index contributed by atoms with van der Waals surface area (Å²) in [5.74, 6) is 1.12. The van der Waals surface area contributed by atoms with Crippen molar-refractivity contribution in [3.63, 3.8) is 0 Å². The minimum Gasteiger partial charge on any atom is -0.334 e. The molecule has 2 heterocycles. The van der Waals surface area contributed by atoms with Gasteiger partial charge in [0.15, 0.2) is 0 Å². The molecule has 0 spiro atoms. The quantitative estimate of drug-likeness (QED) is 0.822. The third-order valence-corrected chi connectivity index (χ3v) is 5.89. The van der Waals surface area contributed by atoms with Gasteiger partial charge in [-0.1, -0.05) is 37.3 Å². The van der Waals surface area contributed by atoms with E-state index in [1.165, 1.54) is 31.5 Å². The van der Waals surface area contributed by atoms with Crippen LogP contribution in [0.25, 0.3) is 0 Å². The van der Waals surface area contributed by atoms with Crippen LogP contribution in [0.1, 0.15) is 38.2 Å². The lowest BCUT2D eigenvalue weighted by Gasteiger charge is -2.35. The molecule has 4 nitrogen and oxygen atoms in total. The molecule has 0 aromatic heterocycles. The summed E-state index contributed by atoms with van der Waals surface area (Å²) in [4.78, 5) is 19.9. The number of likely N-dealkylation sites (tertiary alicyclic amines) is 1. The zero-order valence-corrected chi connectivity index (χ0v) is 15.9. The Labute approximate surface area is 152 Å². The van der Waals surface area contributed by atoms with E-state index in [0.29, 0.717) is 18.4 Å². The number of carbonyl (C=O) groups excluding carboxylic acids is 1. The van der Waals surface area contributed by atoms with Crippen LogP contribution in [0, 0.1) is 5.92 Å². The van der Waals surface area contributed by atoms with Gasteiger partial charge in [-0.15, -0.1) is 0 Å². The molecule has 0 saturated carbocycles. The molecule has 2 fully saturated rings. The van der Waals surface area contributed by atoms with Gasteiger partial charge >= 0.3 is 0 Å². The molecule has 2 aliphatic heterocycles. The molecule has 1 aromatic carbocycles. The fourth-order valence-electron chi connectivity index (χ4n) is 4.21. The Bertz CT molecular complexity index is 539. The second-order valence-corrected chi connectivity index (χ2v) is 7.83. The molecule has 4 heteroatoms. The fourth-order valence-corrected chi connectivity index (χ4v) is 4.21. The second kappa shape index (κ2) is 8.81. The minimum atomic E-state index is 0.321. The van der Waals surface area contributed by atoms with Crippen LogP contribution in [-0.4, -0.2) is 66.4 Å². The average Bonchev–Trinajstić information content (AvgIpc) is 2.78. The first-order valence-electron chi connectivity index (χ1n) is 9.90. The molecule has 1 amide bonds. The third-order valence-electron chi connectivity index (χ3n) is 5.89. The Balaban J connectivity index is 1.62. The summed E-state index contributed by atoms with van der Waals surface area (Å²) in [6.45, 7) is 8.52. The van der Waals surface area contributed by atoms with E-state index in [-0.39, 0.29) is 0 Å². The van der Waals surface area contributed by atoms with Gasteiger partial charge < -0.3 is 14.7 Å². The van der Waals surface area contributed by atoms with Crippen molar-refractivity contribution in [1.82, 2.24) is 14.7 Å². The van der Waals surface area contributed by atoms with Gasteiger partial charge in [-0.2, -0.15) is 0 Å². The van der Waals surface area contributed by atoms with Crippen molar-refractivity contribution >= 4 is 5.91 Å². The third kappa shape index (κ3) is 5.05. The first-order chi connectivity index (χ1) is 12.2. The number of nitrogens with zero attached hydrogens (tertiary/aromatic N) is 3. The van der Waals surface area contributed by atoms with E-state index in [0.717, 1.165) is 38.5 Å². The molecule has 1 aromatic rings. The lowest BCUT2D eigenvalue weighted by atomic mass is 9.96. The smallest absolute Gasteiger partial charge is 0.224 e. The highest BCUT2D eigenvalue weighted by molar-refractivity contribution is 5.77. The van der Waals surface area contributed by atoms with Crippen LogP contribution in [0.2, 0.25) is 0 Å². The summed E-state index contributed by atoms with van der Waals surface area (Å²) in [5, 5.41) is 0. The van der Waals surface area contributed by atoms with Crippen LogP contribution in [0.4, 0.5) is 0 Å². The highest BCUT2D eigenvalue weighted by Crippen LogP contribution is 2.22. The van der Waals surface area contributed by atoms with Crippen molar-refractivity contribution in [2.45, 2.75) is 45.2 Å². The Morgan fingerprint density at radius 3 is 2.48 bits per heavy atom. The molecule has 2 saturated heterocycles. The van der Waals surface area contributed by atoms with Gasteiger partial charge in [-0.05, 0) is 50.9 Å². The number of carbonyl (C=O) groups is 1. The SMILES string of the molecule is CCC1CN(CC2CCN(C)CC2)CCC(=O)N1Cc1ccccc1. The molecule has 25 heavy (non-hydrogen) atoms. The minimum absolute atomic E-state index is 0.321. The van der Waals surface area contributed by atoms with Gasteiger partial charge in [-0.3, -0.25) is 4.79 Å². The van der Waals surface area contributed by atoms with Crippen LogP contribution < -0.4 is 0 Å². The highest BCUT2D eigenvalue weighted by atomic mass is 16.2. The molecule has 138 valence electrons. The predicted octanol–water partition coefficient (Wildman–Crippen LogP) is 2.84. The lowest BCUT2D eigenvalue weighted by molar-refractivity contribution is -0.133. The molecular formula is C21H33N3O. The van der Waals surface area contributed by atoms with Crippen LogP contribution in [0.5, 0.6) is 0 Å². The van der Waals surface area contributed by atoms with E-state index >= 15 is 0 Å². The van der Waals surface area contributed by atoms with Crippen molar-refractivity contribution in [3.05, 3.63) is 35.9 Å². The topological polar surface area (TPSA) is 26.8 Å². The molecule has 0 radical (unpaired) electrons. The molecule has 3 rings (SSSR count). The molecular weight excluding hydrogens is 310 g/mol. The van der Waals surface area contributed by atoms with Gasteiger partial charge in [0.1, 0.15) is 0 Å². The van der Waals surface area contributed by atoms with Crippen molar-refractivity contribution in [2.24, 2.45) is 5.92 Å². The van der Waals surface area contributed by atoms with Gasteiger partial charge in [0.05, 0.1) is 0 Å². The first kappa shape index (κ1) is 18.4. The van der Waals surface area contributed by atoms with E-state index in [1.807, 2.05) is 6.07 Å².